The first kappa shape index (κ1) is 11.2. The number of rotatable bonds is 3. The van der Waals surface area contributed by atoms with Gasteiger partial charge in [-0.3, -0.25) is 0 Å². The van der Waals surface area contributed by atoms with Crippen LogP contribution >= 0.6 is 31.9 Å². The summed E-state index contributed by atoms with van der Waals surface area (Å²) in [7, 11) is 0. The van der Waals surface area contributed by atoms with Crippen molar-refractivity contribution in [1.29, 1.82) is 0 Å². The third-order valence-corrected chi connectivity index (χ3v) is 3.74. The molecule has 3 nitrogen and oxygen atoms in total. The quantitative estimate of drug-likeness (QED) is 0.862. The summed E-state index contributed by atoms with van der Waals surface area (Å²) >= 11 is 6.66. The Morgan fingerprint density at radius 1 is 1.60 bits per heavy atom. The van der Waals surface area contributed by atoms with E-state index in [1.54, 1.807) is 0 Å². The lowest BCUT2D eigenvalue weighted by Gasteiger charge is -2.11. The van der Waals surface area contributed by atoms with Gasteiger partial charge in [0.2, 0.25) is 0 Å². The number of aryl methyl sites for hydroxylation is 1. The average Bonchev–Trinajstić information content (AvgIpc) is 2.98. The fourth-order valence-electron chi connectivity index (χ4n) is 1.20. The molecule has 1 heterocycles. The average molecular weight is 338 g/mol. The molecule has 15 heavy (non-hydrogen) atoms. The number of aromatic hydroxyl groups is 1. The summed E-state index contributed by atoms with van der Waals surface area (Å²) < 4.78 is 11.9. The van der Waals surface area contributed by atoms with E-state index in [4.69, 9.17) is 9.47 Å². The maximum absolute atomic E-state index is 9.85. The second-order valence-electron chi connectivity index (χ2n) is 3.43. The van der Waals surface area contributed by atoms with Crippen LogP contribution in [0.1, 0.15) is 5.56 Å². The Labute approximate surface area is 105 Å². The lowest BCUT2D eigenvalue weighted by atomic mass is 10.2. The van der Waals surface area contributed by atoms with E-state index in [1.807, 2.05) is 13.0 Å². The van der Waals surface area contributed by atoms with Crippen LogP contribution in [0, 0.1) is 6.92 Å². The third kappa shape index (κ3) is 2.46. The molecule has 1 atom stereocenters. The van der Waals surface area contributed by atoms with Crippen LogP contribution in [0.5, 0.6) is 11.5 Å². The monoisotopic (exact) mass is 336 g/mol. The molecule has 1 aliphatic rings. The summed E-state index contributed by atoms with van der Waals surface area (Å²) in [6, 6.07) is 1.90. The van der Waals surface area contributed by atoms with Gasteiger partial charge in [0.25, 0.3) is 0 Å². The number of phenols is 1. The summed E-state index contributed by atoms with van der Waals surface area (Å²) in [4.78, 5) is 0. The van der Waals surface area contributed by atoms with Crippen LogP contribution in [0.4, 0.5) is 0 Å². The van der Waals surface area contributed by atoms with E-state index in [0.717, 1.165) is 16.6 Å². The normalized spacial score (nSPS) is 19.0. The van der Waals surface area contributed by atoms with Gasteiger partial charge >= 0.3 is 0 Å². The van der Waals surface area contributed by atoms with Crippen LogP contribution in [0.25, 0.3) is 0 Å². The van der Waals surface area contributed by atoms with Crippen LogP contribution in [0.3, 0.4) is 0 Å². The van der Waals surface area contributed by atoms with Crippen molar-refractivity contribution in [3.8, 4) is 11.5 Å². The molecular formula is C10H10Br2O3. The Hall–Kier alpha value is -0.260. The van der Waals surface area contributed by atoms with Crippen molar-refractivity contribution < 1.29 is 14.6 Å². The summed E-state index contributed by atoms with van der Waals surface area (Å²) in [5.41, 5.74) is 0.953. The molecule has 1 N–H and O–H groups in total. The Kier molecular flexibility index (Phi) is 3.23. The molecule has 0 saturated carbocycles. The first-order valence-corrected chi connectivity index (χ1v) is 6.10. The van der Waals surface area contributed by atoms with Crippen molar-refractivity contribution in [2.75, 3.05) is 13.2 Å². The highest BCUT2D eigenvalue weighted by atomic mass is 79.9. The van der Waals surface area contributed by atoms with Crippen molar-refractivity contribution in [1.82, 2.24) is 0 Å². The molecule has 0 amide bonds. The van der Waals surface area contributed by atoms with Crippen LogP contribution < -0.4 is 4.74 Å². The van der Waals surface area contributed by atoms with Crippen molar-refractivity contribution in [2.24, 2.45) is 0 Å². The Bertz CT molecular complexity index is 389. The van der Waals surface area contributed by atoms with Gasteiger partial charge in [-0.1, -0.05) is 0 Å². The third-order valence-electron chi connectivity index (χ3n) is 2.15. The fourth-order valence-corrected chi connectivity index (χ4v) is 2.14. The number of hydrogen-bond donors (Lipinski definition) is 1. The number of halogens is 2. The van der Waals surface area contributed by atoms with Gasteiger partial charge in [0.1, 0.15) is 12.7 Å². The van der Waals surface area contributed by atoms with Crippen molar-refractivity contribution in [3.05, 3.63) is 20.6 Å². The minimum Gasteiger partial charge on any atom is -0.503 e. The van der Waals surface area contributed by atoms with E-state index in [1.165, 1.54) is 0 Å². The van der Waals surface area contributed by atoms with Gasteiger partial charge in [-0.25, -0.2) is 0 Å². The second kappa shape index (κ2) is 4.31. The maximum atomic E-state index is 9.85. The number of phenolic OH excluding ortho intramolecular Hbond substituents is 1. The summed E-state index contributed by atoms with van der Waals surface area (Å²) in [6.45, 7) is 3.12. The van der Waals surface area contributed by atoms with E-state index in [9.17, 15) is 5.11 Å². The van der Waals surface area contributed by atoms with Gasteiger partial charge in [-0.05, 0) is 50.4 Å². The molecule has 1 aromatic rings. The zero-order valence-corrected chi connectivity index (χ0v) is 11.3. The predicted octanol–water partition coefficient (Wildman–Crippen LogP) is 3.00. The predicted molar refractivity (Wildman–Crippen MR) is 63.5 cm³/mol. The SMILES string of the molecule is Cc1cc(Br)c(OCC2CO2)c(O)c1Br. The number of ether oxygens (including phenoxy) is 2. The molecule has 0 bridgehead atoms. The van der Waals surface area contributed by atoms with E-state index in [2.05, 4.69) is 31.9 Å². The molecule has 0 aromatic heterocycles. The van der Waals surface area contributed by atoms with Gasteiger partial charge in [0.05, 0.1) is 15.6 Å². The number of benzene rings is 1. The topological polar surface area (TPSA) is 42.0 Å². The fraction of sp³-hybridized carbons (Fsp3) is 0.400. The summed E-state index contributed by atoms with van der Waals surface area (Å²) in [5, 5.41) is 9.85. The summed E-state index contributed by atoms with van der Waals surface area (Å²) in [6.07, 6.45) is 0.177. The van der Waals surface area contributed by atoms with Gasteiger partial charge in [-0.2, -0.15) is 0 Å². The molecule has 1 aliphatic heterocycles. The van der Waals surface area contributed by atoms with Gasteiger partial charge in [0.15, 0.2) is 11.5 Å². The second-order valence-corrected chi connectivity index (χ2v) is 5.08. The molecule has 5 heteroatoms. The van der Waals surface area contributed by atoms with Gasteiger partial charge in [-0.15, -0.1) is 0 Å². The largest absolute Gasteiger partial charge is 0.503 e. The highest BCUT2D eigenvalue weighted by molar-refractivity contribution is 9.11. The van der Waals surface area contributed by atoms with E-state index in [-0.39, 0.29) is 11.9 Å². The van der Waals surface area contributed by atoms with Crippen molar-refractivity contribution >= 4 is 31.9 Å². The highest BCUT2D eigenvalue weighted by Crippen LogP contribution is 2.42. The van der Waals surface area contributed by atoms with Crippen LogP contribution in [0.15, 0.2) is 15.0 Å². The van der Waals surface area contributed by atoms with E-state index >= 15 is 0 Å². The minimum atomic E-state index is 0.127. The molecule has 1 saturated heterocycles. The molecular weight excluding hydrogens is 328 g/mol. The Balaban J connectivity index is 2.23. The molecule has 1 unspecified atom stereocenters. The molecule has 82 valence electrons. The maximum Gasteiger partial charge on any atom is 0.176 e. The van der Waals surface area contributed by atoms with Gasteiger partial charge in [0, 0.05) is 0 Å². The first-order valence-electron chi connectivity index (χ1n) is 4.51. The smallest absolute Gasteiger partial charge is 0.176 e. The molecule has 0 radical (unpaired) electrons. The molecule has 2 rings (SSSR count). The first-order chi connectivity index (χ1) is 7.09. The Morgan fingerprint density at radius 3 is 2.87 bits per heavy atom. The van der Waals surface area contributed by atoms with Crippen molar-refractivity contribution in [2.45, 2.75) is 13.0 Å². The number of epoxide rings is 1. The zero-order chi connectivity index (χ0) is 11.0. The van der Waals surface area contributed by atoms with Crippen LogP contribution in [-0.4, -0.2) is 24.4 Å². The number of hydrogen-bond acceptors (Lipinski definition) is 3. The lowest BCUT2D eigenvalue weighted by Crippen LogP contribution is -2.05. The van der Waals surface area contributed by atoms with Gasteiger partial charge < -0.3 is 14.6 Å². The molecule has 1 fully saturated rings. The zero-order valence-electron chi connectivity index (χ0n) is 8.09. The van der Waals surface area contributed by atoms with Crippen LogP contribution in [-0.2, 0) is 4.74 Å². The summed E-state index contributed by atoms with van der Waals surface area (Å²) in [5.74, 6) is 0.588. The lowest BCUT2D eigenvalue weighted by molar-refractivity contribution is 0.252. The molecule has 1 aromatic carbocycles. The van der Waals surface area contributed by atoms with E-state index in [0.29, 0.717) is 16.8 Å². The molecule has 0 spiro atoms. The minimum absolute atomic E-state index is 0.127. The van der Waals surface area contributed by atoms with Crippen LogP contribution in [0.2, 0.25) is 0 Å². The van der Waals surface area contributed by atoms with E-state index < -0.39 is 0 Å². The Morgan fingerprint density at radius 2 is 2.27 bits per heavy atom. The van der Waals surface area contributed by atoms with Crippen molar-refractivity contribution in [3.63, 3.8) is 0 Å². The molecule has 0 aliphatic carbocycles. The highest BCUT2D eigenvalue weighted by Gasteiger charge is 2.24. The standard InChI is InChI=1S/C10H10Br2O3/c1-5-2-7(11)10(9(13)8(5)12)15-4-6-3-14-6/h2,6,13H,3-4H2,1H3.